The Balaban J connectivity index is 1.89. The van der Waals surface area contributed by atoms with Gasteiger partial charge in [0.05, 0.1) is 0 Å². The molecule has 0 bridgehead atoms. The van der Waals surface area contributed by atoms with E-state index in [1.54, 1.807) is 6.07 Å². The lowest BCUT2D eigenvalue weighted by Crippen LogP contribution is -2.12. The van der Waals surface area contributed by atoms with Crippen molar-refractivity contribution in [1.29, 1.82) is 0 Å². The standard InChI is InChI=1S/C17H20FNO/c1-12(2)15-5-3-13(4-6-15)10-19-11-14-7-16(18)9-17(20)8-14/h3-9,12,19-20H,10-11H2,1-2H3. The summed E-state index contributed by atoms with van der Waals surface area (Å²) in [5, 5.41) is 12.6. The summed E-state index contributed by atoms with van der Waals surface area (Å²) in [5.74, 6) is 0.0819. The summed E-state index contributed by atoms with van der Waals surface area (Å²) < 4.78 is 13.1. The summed E-state index contributed by atoms with van der Waals surface area (Å²) in [6, 6.07) is 12.6. The van der Waals surface area contributed by atoms with Gasteiger partial charge >= 0.3 is 0 Å². The maximum Gasteiger partial charge on any atom is 0.127 e. The lowest BCUT2D eigenvalue weighted by molar-refractivity contribution is 0.467. The molecule has 0 aliphatic carbocycles. The number of hydrogen-bond acceptors (Lipinski definition) is 2. The molecule has 0 saturated carbocycles. The number of phenolic OH excluding ortho intramolecular Hbond substituents is 1. The summed E-state index contributed by atoms with van der Waals surface area (Å²) >= 11 is 0. The van der Waals surface area contributed by atoms with E-state index in [-0.39, 0.29) is 5.75 Å². The maximum absolute atomic E-state index is 13.1. The van der Waals surface area contributed by atoms with Crippen LogP contribution in [0.15, 0.2) is 42.5 Å². The minimum Gasteiger partial charge on any atom is -0.508 e. The molecule has 0 radical (unpaired) electrons. The van der Waals surface area contributed by atoms with Gasteiger partial charge < -0.3 is 10.4 Å². The molecule has 2 aromatic carbocycles. The quantitative estimate of drug-likeness (QED) is 0.864. The van der Waals surface area contributed by atoms with Crippen LogP contribution in [0.5, 0.6) is 5.75 Å². The molecule has 0 fully saturated rings. The van der Waals surface area contributed by atoms with E-state index in [2.05, 4.69) is 43.4 Å². The lowest BCUT2D eigenvalue weighted by atomic mass is 10.0. The molecule has 0 aliphatic heterocycles. The van der Waals surface area contributed by atoms with Gasteiger partial charge in [-0.3, -0.25) is 0 Å². The van der Waals surface area contributed by atoms with Crippen molar-refractivity contribution in [3.8, 4) is 5.75 Å². The van der Waals surface area contributed by atoms with Crippen LogP contribution < -0.4 is 5.32 Å². The Kier molecular flexibility index (Phi) is 4.74. The minimum absolute atomic E-state index is 0.0388. The largest absolute Gasteiger partial charge is 0.508 e. The van der Waals surface area contributed by atoms with E-state index in [0.717, 1.165) is 18.2 Å². The third kappa shape index (κ3) is 4.07. The second kappa shape index (κ2) is 6.53. The molecule has 0 atom stereocenters. The van der Waals surface area contributed by atoms with Crippen LogP contribution in [0.3, 0.4) is 0 Å². The minimum atomic E-state index is -0.414. The van der Waals surface area contributed by atoms with E-state index in [1.165, 1.54) is 17.2 Å². The van der Waals surface area contributed by atoms with Gasteiger partial charge in [0.1, 0.15) is 11.6 Å². The highest BCUT2D eigenvalue weighted by molar-refractivity contribution is 5.28. The van der Waals surface area contributed by atoms with Gasteiger partial charge in [0.2, 0.25) is 0 Å². The number of rotatable bonds is 5. The van der Waals surface area contributed by atoms with Crippen LogP contribution in [-0.2, 0) is 13.1 Å². The van der Waals surface area contributed by atoms with Crippen molar-refractivity contribution in [1.82, 2.24) is 5.32 Å². The number of hydrogen-bond donors (Lipinski definition) is 2. The van der Waals surface area contributed by atoms with E-state index in [9.17, 15) is 9.50 Å². The molecular weight excluding hydrogens is 253 g/mol. The Morgan fingerprint density at radius 3 is 2.25 bits per heavy atom. The Morgan fingerprint density at radius 1 is 1.00 bits per heavy atom. The molecule has 2 nitrogen and oxygen atoms in total. The molecule has 0 amide bonds. The van der Waals surface area contributed by atoms with Gasteiger partial charge in [-0.15, -0.1) is 0 Å². The van der Waals surface area contributed by atoms with Crippen molar-refractivity contribution in [3.05, 3.63) is 65.0 Å². The predicted octanol–water partition coefficient (Wildman–Crippen LogP) is 3.94. The van der Waals surface area contributed by atoms with Crippen molar-refractivity contribution in [2.75, 3.05) is 0 Å². The molecule has 0 heterocycles. The first kappa shape index (κ1) is 14.5. The molecule has 0 aliphatic rings. The number of halogens is 1. The van der Waals surface area contributed by atoms with E-state index < -0.39 is 5.82 Å². The monoisotopic (exact) mass is 273 g/mol. The maximum atomic E-state index is 13.1. The van der Waals surface area contributed by atoms with Gasteiger partial charge in [-0.2, -0.15) is 0 Å². The first-order chi connectivity index (χ1) is 9.54. The molecule has 106 valence electrons. The van der Waals surface area contributed by atoms with Crippen molar-refractivity contribution in [2.24, 2.45) is 0 Å². The van der Waals surface area contributed by atoms with Gasteiger partial charge in [0, 0.05) is 19.2 Å². The van der Waals surface area contributed by atoms with Crippen LogP contribution in [0.1, 0.15) is 36.5 Å². The smallest absolute Gasteiger partial charge is 0.127 e. The van der Waals surface area contributed by atoms with Gasteiger partial charge in [-0.25, -0.2) is 4.39 Å². The average Bonchev–Trinajstić information content (AvgIpc) is 2.38. The van der Waals surface area contributed by atoms with Crippen LogP contribution in [0.4, 0.5) is 4.39 Å². The highest BCUT2D eigenvalue weighted by atomic mass is 19.1. The van der Waals surface area contributed by atoms with Crippen molar-refractivity contribution < 1.29 is 9.50 Å². The van der Waals surface area contributed by atoms with E-state index in [0.29, 0.717) is 12.5 Å². The van der Waals surface area contributed by atoms with Gasteiger partial charge in [-0.05, 0) is 34.7 Å². The number of nitrogens with one attached hydrogen (secondary N) is 1. The summed E-state index contributed by atoms with van der Waals surface area (Å²) in [7, 11) is 0. The van der Waals surface area contributed by atoms with Gasteiger partial charge in [0.25, 0.3) is 0 Å². The molecule has 0 aromatic heterocycles. The van der Waals surface area contributed by atoms with E-state index >= 15 is 0 Å². The Hall–Kier alpha value is -1.87. The second-order valence-corrected chi connectivity index (χ2v) is 5.32. The Labute approximate surface area is 119 Å². The number of phenols is 1. The van der Waals surface area contributed by atoms with Crippen LogP contribution in [0.25, 0.3) is 0 Å². The summed E-state index contributed by atoms with van der Waals surface area (Å²) in [6.07, 6.45) is 0. The molecule has 20 heavy (non-hydrogen) atoms. The summed E-state index contributed by atoms with van der Waals surface area (Å²) in [6.45, 7) is 5.58. The van der Waals surface area contributed by atoms with Crippen molar-refractivity contribution in [3.63, 3.8) is 0 Å². The summed E-state index contributed by atoms with van der Waals surface area (Å²) in [4.78, 5) is 0. The fraction of sp³-hybridized carbons (Fsp3) is 0.294. The molecule has 2 aromatic rings. The molecule has 2 rings (SSSR count). The summed E-state index contributed by atoms with van der Waals surface area (Å²) in [5.41, 5.74) is 3.25. The number of benzene rings is 2. The van der Waals surface area contributed by atoms with E-state index in [1.807, 2.05) is 0 Å². The molecular formula is C17H20FNO. The zero-order chi connectivity index (χ0) is 14.5. The predicted molar refractivity (Wildman–Crippen MR) is 79.1 cm³/mol. The first-order valence-corrected chi connectivity index (χ1v) is 6.82. The van der Waals surface area contributed by atoms with Crippen LogP contribution in [0.2, 0.25) is 0 Å². The Morgan fingerprint density at radius 2 is 1.65 bits per heavy atom. The fourth-order valence-corrected chi connectivity index (χ4v) is 2.11. The molecule has 3 heteroatoms. The topological polar surface area (TPSA) is 32.3 Å². The molecule has 0 unspecified atom stereocenters. The fourth-order valence-electron chi connectivity index (χ4n) is 2.11. The molecule has 0 spiro atoms. The third-order valence-corrected chi connectivity index (χ3v) is 3.25. The SMILES string of the molecule is CC(C)c1ccc(CNCc2cc(O)cc(F)c2)cc1. The lowest BCUT2D eigenvalue weighted by Gasteiger charge is -2.08. The van der Waals surface area contributed by atoms with Gasteiger partial charge in [-0.1, -0.05) is 38.1 Å². The van der Waals surface area contributed by atoms with Crippen molar-refractivity contribution >= 4 is 0 Å². The number of aromatic hydroxyl groups is 1. The Bertz CT molecular complexity index is 543. The van der Waals surface area contributed by atoms with Crippen LogP contribution >= 0.6 is 0 Å². The average molecular weight is 273 g/mol. The van der Waals surface area contributed by atoms with E-state index in [4.69, 9.17) is 0 Å². The highest BCUT2D eigenvalue weighted by Gasteiger charge is 2.01. The van der Waals surface area contributed by atoms with Crippen LogP contribution in [0, 0.1) is 5.82 Å². The first-order valence-electron chi connectivity index (χ1n) is 6.82. The zero-order valence-electron chi connectivity index (χ0n) is 11.9. The van der Waals surface area contributed by atoms with Crippen molar-refractivity contribution in [2.45, 2.75) is 32.9 Å². The molecule has 2 N–H and O–H groups in total. The second-order valence-electron chi connectivity index (χ2n) is 5.32. The van der Waals surface area contributed by atoms with Crippen LogP contribution in [-0.4, -0.2) is 5.11 Å². The highest BCUT2D eigenvalue weighted by Crippen LogP contribution is 2.16. The third-order valence-electron chi connectivity index (χ3n) is 3.25. The van der Waals surface area contributed by atoms with Gasteiger partial charge in [0.15, 0.2) is 0 Å². The normalized spacial score (nSPS) is 11.0. The zero-order valence-corrected chi connectivity index (χ0v) is 11.9. The molecule has 0 saturated heterocycles.